The lowest BCUT2D eigenvalue weighted by atomic mass is 10.2. The zero-order chi connectivity index (χ0) is 15.1. The van der Waals surface area contributed by atoms with Crippen molar-refractivity contribution in [2.75, 3.05) is 6.61 Å². The zero-order valence-corrected chi connectivity index (χ0v) is 12.2. The van der Waals surface area contributed by atoms with Crippen molar-refractivity contribution in [2.45, 2.75) is 32.7 Å². The first-order chi connectivity index (χ1) is 9.43. The van der Waals surface area contributed by atoms with Gasteiger partial charge < -0.3 is 15.2 Å². The van der Waals surface area contributed by atoms with Gasteiger partial charge in [-0.3, -0.25) is 4.79 Å². The molecule has 0 aromatic heterocycles. The number of carboxylic acid groups (broad SMARTS) is 1. The van der Waals surface area contributed by atoms with Crippen LogP contribution in [0.2, 0.25) is 5.02 Å². The second-order valence-electron chi connectivity index (χ2n) is 4.45. The third-order valence-corrected chi connectivity index (χ3v) is 3.13. The first-order valence-corrected chi connectivity index (χ1v) is 6.73. The van der Waals surface area contributed by atoms with E-state index in [0.29, 0.717) is 23.6 Å². The zero-order valence-electron chi connectivity index (χ0n) is 11.5. The molecule has 0 radical (unpaired) electrons. The SMILES string of the molecule is CCCC(NC(=O)COc1ccc(Cl)c(C)c1)C(=O)O. The monoisotopic (exact) mass is 299 g/mol. The van der Waals surface area contributed by atoms with E-state index in [1.165, 1.54) is 0 Å². The summed E-state index contributed by atoms with van der Waals surface area (Å²) in [5.41, 5.74) is 0.846. The number of ether oxygens (including phenoxy) is 1. The number of rotatable bonds is 7. The van der Waals surface area contributed by atoms with Gasteiger partial charge in [0.25, 0.3) is 5.91 Å². The molecule has 0 bridgehead atoms. The van der Waals surface area contributed by atoms with Gasteiger partial charge in [0.1, 0.15) is 11.8 Å². The van der Waals surface area contributed by atoms with Crippen molar-refractivity contribution >= 4 is 23.5 Å². The van der Waals surface area contributed by atoms with Gasteiger partial charge in [-0.15, -0.1) is 0 Å². The Morgan fingerprint density at radius 1 is 1.45 bits per heavy atom. The van der Waals surface area contributed by atoms with E-state index in [1.54, 1.807) is 18.2 Å². The minimum Gasteiger partial charge on any atom is -0.484 e. The Labute approximate surface area is 122 Å². The largest absolute Gasteiger partial charge is 0.484 e. The smallest absolute Gasteiger partial charge is 0.326 e. The van der Waals surface area contributed by atoms with Crippen molar-refractivity contribution in [3.63, 3.8) is 0 Å². The van der Waals surface area contributed by atoms with Gasteiger partial charge in [-0.2, -0.15) is 0 Å². The fourth-order valence-corrected chi connectivity index (χ4v) is 1.76. The number of halogens is 1. The molecule has 1 unspecified atom stereocenters. The molecule has 2 N–H and O–H groups in total. The molecule has 1 rings (SSSR count). The summed E-state index contributed by atoms with van der Waals surface area (Å²) in [6.45, 7) is 3.46. The Morgan fingerprint density at radius 3 is 2.70 bits per heavy atom. The highest BCUT2D eigenvalue weighted by atomic mass is 35.5. The van der Waals surface area contributed by atoms with E-state index in [1.807, 2.05) is 13.8 Å². The number of hydrogen-bond acceptors (Lipinski definition) is 3. The van der Waals surface area contributed by atoms with Crippen molar-refractivity contribution in [3.05, 3.63) is 28.8 Å². The van der Waals surface area contributed by atoms with Crippen molar-refractivity contribution in [3.8, 4) is 5.75 Å². The van der Waals surface area contributed by atoms with Gasteiger partial charge in [0.2, 0.25) is 0 Å². The quantitative estimate of drug-likeness (QED) is 0.810. The van der Waals surface area contributed by atoms with E-state index in [4.69, 9.17) is 21.4 Å². The van der Waals surface area contributed by atoms with Gasteiger partial charge in [-0.25, -0.2) is 4.79 Å². The summed E-state index contributed by atoms with van der Waals surface area (Å²) in [7, 11) is 0. The second-order valence-corrected chi connectivity index (χ2v) is 4.85. The van der Waals surface area contributed by atoms with Crippen molar-refractivity contribution in [1.29, 1.82) is 0 Å². The second kappa shape index (κ2) is 7.75. The lowest BCUT2D eigenvalue weighted by molar-refractivity contribution is -0.142. The minimum absolute atomic E-state index is 0.228. The van der Waals surface area contributed by atoms with Crippen LogP contribution < -0.4 is 10.1 Å². The topological polar surface area (TPSA) is 75.6 Å². The van der Waals surface area contributed by atoms with Crippen LogP contribution in [0.25, 0.3) is 0 Å². The van der Waals surface area contributed by atoms with Crippen molar-refractivity contribution in [2.24, 2.45) is 0 Å². The number of aryl methyl sites for hydroxylation is 1. The van der Waals surface area contributed by atoms with Crippen LogP contribution in [0.5, 0.6) is 5.75 Å². The van der Waals surface area contributed by atoms with Crippen LogP contribution in [-0.2, 0) is 9.59 Å². The molecule has 0 heterocycles. The predicted octanol–water partition coefficient (Wildman–Crippen LogP) is 2.40. The highest BCUT2D eigenvalue weighted by Crippen LogP contribution is 2.20. The maximum absolute atomic E-state index is 11.6. The first-order valence-electron chi connectivity index (χ1n) is 6.35. The molecular weight excluding hydrogens is 282 g/mol. The molecule has 20 heavy (non-hydrogen) atoms. The summed E-state index contributed by atoms with van der Waals surface area (Å²) in [5, 5.41) is 12.0. The van der Waals surface area contributed by atoms with Crippen LogP contribution in [-0.4, -0.2) is 29.6 Å². The van der Waals surface area contributed by atoms with Crippen molar-refractivity contribution in [1.82, 2.24) is 5.32 Å². The molecule has 0 aliphatic carbocycles. The molecule has 1 amide bonds. The van der Waals surface area contributed by atoms with Gasteiger partial charge in [-0.1, -0.05) is 24.9 Å². The molecule has 6 heteroatoms. The Morgan fingerprint density at radius 2 is 2.15 bits per heavy atom. The standard InChI is InChI=1S/C14H18ClNO4/c1-3-4-12(14(18)19)16-13(17)8-20-10-5-6-11(15)9(2)7-10/h5-7,12H,3-4,8H2,1-2H3,(H,16,17)(H,18,19). The van der Waals surface area contributed by atoms with Gasteiger partial charge >= 0.3 is 5.97 Å². The molecule has 0 spiro atoms. The van der Waals surface area contributed by atoms with Gasteiger partial charge in [0.15, 0.2) is 6.61 Å². The number of nitrogens with one attached hydrogen (secondary N) is 1. The molecule has 0 saturated carbocycles. The number of benzene rings is 1. The summed E-state index contributed by atoms with van der Waals surface area (Å²) in [5.74, 6) is -0.981. The molecule has 0 saturated heterocycles. The maximum atomic E-state index is 11.6. The molecule has 1 aromatic carbocycles. The number of carbonyl (C=O) groups is 2. The fourth-order valence-electron chi connectivity index (χ4n) is 1.64. The van der Waals surface area contributed by atoms with Crippen molar-refractivity contribution < 1.29 is 19.4 Å². The van der Waals surface area contributed by atoms with E-state index in [2.05, 4.69) is 5.32 Å². The number of hydrogen-bond donors (Lipinski definition) is 2. The average Bonchev–Trinajstić information content (AvgIpc) is 2.39. The number of amides is 1. The molecule has 1 atom stereocenters. The van der Waals surface area contributed by atoms with Crippen LogP contribution in [0.15, 0.2) is 18.2 Å². The van der Waals surface area contributed by atoms with E-state index in [0.717, 1.165) is 5.56 Å². The summed E-state index contributed by atoms with van der Waals surface area (Å²) in [6.07, 6.45) is 1.07. The van der Waals surface area contributed by atoms with E-state index in [9.17, 15) is 9.59 Å². The van der Waals surface area contributed by atoms with Crippen LogP contribution in [0, 0.1) is 6.92 Å². The molecular formula is C14H18ClNO4. The summed E-state index contributed by atoms with van der Waals surface area (Å²) < 4.78 is 5.30. The van der Waals surface area contributed by atoms with Gasteiger partial charge in [0.05, 0.1) is 0 Å². The highest BCUT2D eigenvalue weighted by Gasteiger charge is 2.18. The third-order valence-electron chi connectivity index (χ3n) is 2.71. The summed E-state index contributed by atoms with van der Waals surface area (Å²) >= 11 is 5.88. The normalized spacial score (nSPS) is 11.8. The Bertz CT molecular complexity index is 490. The molecule has 1 aromatic rings. The maximum Gasteiger partial charge on any atom is 0.326 e. The lowest BCUT2D eigenvalue weighted by Gasteiger charge is -2.14. The van der Waals surface area contributed by atoms with Gasteiger partial charge in [-0.05, 0) is 37.1 Å². The lowest BCUT2D eigenvalue weighted by Crippen LogP contribution is -2.42. The molecule has 0 fully saturated rings. The Hall–Kier alpha value is -1.75. The van der Waals surface area contributed by atoms with Gasteiger partial charge in [0, 0.05) is 5.02 Å². The summed E-state index contributed by atoms with van der Waals surface area (Å²) in [6, 6.07) is 4.18. The molecule has 0 aliphatic heterocycles. The van der Waals surface area contributed by atoms with Crippen LogP contribution >= 0.6 is 11.6 Å². The average molecular weight is 300 g/mol. The Kier molecular flexibility index (Phi) is 6.31. The predicted molar refractivity (Wildman–Crippen MR) is 76.2 cm³/mol. The Balaban J connectivity index is 2.50. The summed E-state index contributed by atoms with van der Waals surface area (Å²) in [4.78, 5) is 22.5. The molecule has 5 nitrogen and oxygen atoms in total. The van der Waals surface area contributed by atoms with Crippen LogP contribution in [0.4, 0.5) is 0 Å². The molecule has 0 aliphatic rings. The van der Waals surface area contributed by atoms with E-state index in [-0.39, 0.29) is 6.61 Å². The fraction of sp³-hybridized carbons (Fsp3) is 0.429. The number of carboxylic acids is 1. The minimum atomic E-state index is -1.04. The third kappa shape index (κ3) is 5.09. The van der Waals surface area contributed by atoms with E-state index >= 15 is 0 Å². The molecule has 110 valence electrons. The van der Waals surface area contributed by atoms with Crippen LogP contribution in [0.1, 0.15) is 25.3 Å². The first kappa shape index (κ1) is 16.3. The number of aliphatic carboxylic acids is 1. The number of carbonyl (C=O) groups excluding carboxylic acids is 1. The van der Waals surface area contributed by atoms with Crippen LogP contribution in [0.3, 0.4) is 0 Å². The highest BCUT2D eigenvalue weighted by molar-refractivity contribution is 6.31. The van der Waals surface area contributed by atoms with E-state index < -0.39 is 17.9 Å².